The Kier molecular flexibility index (Phi) is 4.53. The minimum Gasteiger partial charge on any atom is -0.492 e. The van der Waals surface area contributed by atoms with Gasteiger partial charge in [0.1, 0.15) is 11.3 Å². The number of imidazole rings is 1. The van der Waals surface area contributed by atoms with E-state index in [1.807, 2.05) is 19.1 Å². The highest BCUT2D eigenvalue weighted by Crippen LogP contribution is 2.31. The maximum atomic E-state index is 6.12. The zero-order chi connectivity index (χ0) is 14.7. The van der Waals surface area contributed by atoms with E-state index >= 15 is 0 Å². The molecule has 110 valence electrons. The van der Waals surface area contributed by atoms with Gasteiger partial charge in [-0.1, -0.05) is 19.9 Å². The van der Waals surface area contributed by atoms with Crippen LogP contribution in [0.5, 0.6) is 5.75 Å². The van der Waals surface area contributed by atoms with Crippen molar-refractivity contribution in [1.82, 2.24) is 9.55 Å². The second-order valence-electron chi connectivity index (χ2n) is 5.72. The fraction of sp³-hybridized carbons (Fsp3) is 0.562. The van der Waals surface area contributed by atoms with Crippen LogP contribution in [-0.4, -0.2) is 16.2 Å². The summed E-state index contributed by atoms with van der Waals surface area (Å²) in [6, 6.07) is 6.36. The number of para-hydroxylation sites is 1. The molecule has 20 heavy (non-hydrogen) atoms. The lowest BCUT2D eigenvalue weighted by molar-refractivity contribution is 0.343. The molecule has 0 amide bonds. The third kappa shape index (κ3) is 2.89. The molecule has 2 aromatic rings. The molecule has 0 saturated carbocycles. The highest BCUT2D eigenvalue weighted by molar-refractivity contribution is 5.84. The lowest BCUT2D eigenvalue weighted by atomic mass is 10.0. The number of ether oxygens (including phenoxy) is 1. The van der Waals surface area contributed by atoms with Gasteiger partial charge < -0.3 is 15.0 Å². The van der Waals surface area contributed by atoms with Gasteiger partial charge in [0.15, 0.2) is 0 Å². The number of anilines is 1. The highest BCUT2D eigenvalue weighted by Gasteiger charge is 2.16. The zero-order valence-electron chi connectivity index (χ0n) is 12.9. The summed E-state index contributed by atoms with van der Waals surface area (Å²) in [4.78, 5) is 4.50. The average Bonchev–Trinajstić information content (AvgIpc) is 2.73. The summed E-state index contributed by atoms with van der Waals surface area (Å²) in [6.07, 6.45) is 2.29. The van der Waals surface area contributed by atoms with Gasteiger partial charge in [0, 0.05) is 6.04 Å². The maximum Gasteiger partial charge on any atom is 0.201 e. The quantitative estimate of drug-likeness (QED) is 0.866. The van der Waals surface area contributed by atoms with Gasteiger partial charge in [0.2, 0.25) is 5.95 Å². The van der Waals surface area contributed by atoms with Crippen LogP contribution < -0.4 is 10.5 Å². The summed E-state index contributed by atoms with van der Waals surface area (Å²) in [5.41, 5.74) is 8.05. The van der Waals surface area contributed by atoms with E-state index in [2.05, 4.69) is 36.4 Å². The third-order valence-electron chi connectivity index (χ3n) is 3.61. The topological polar surface area (TPSA) is 53.1 Å². The van der Waals surface area contributed by atoms with E-state index in [1.165, 1.54) is 6.42 Å². The summed E-state index contributed by atoms with van der Waals surface area (Å²) in [5, 5.41) is 0. The number of benzene rings is 1. The Bertz CT molecular complexity index is 574. The monoisotopic (exact) mass is 275 g/mol. The van der Waals surface area contributed by atoms with Crippen LogP contribution >= 0.6 is 0 Å². The molecule has 0 saturated heterocycles. The Hall–Kier alpha value is -1.71. The summed E-state index contributed by atoms with van der Waals surface area (Å²) >= 11 is 0. The van der Waals surface area contributed by atoms with Crippen LogP contribution in [0.15, 0.2) is 18.2 Å². The zero-order valence-corrected chi connectivity index (χ0v) is 12.9. The van der Waals surface area contributed by atoms with Crippen molar-refractivity contribution >= 4 is 17.0 Å². The average molecular weight is 275 g/mol. The van der Waals surface area contributed by atoms with Crippen molar-refractivity contribution in [2.24, 2.45) is 5.92 Å². The third-order valence-corrected chi connectivity index (χ3v) is 3.61. The Morgan fingerprint density at radius 3 is 2.65 bits per heavy atom. The van der Waals surface area contributed by atoms with Gasteiger partial charge in [-0.25, -0.2) is 4.98 Å². The second-order valence-corrected chi connectivity index (χ2v) is 5.72. The fourth-order valence-corrected chi connectivity index (χ4v) is 2.55. The minimum atomic E-state index is 0.347. The molecular formula is C16H25N3O. The number of hydrogen-bond donors (Lipinski definition) is 1. The predicted molar refractivity (Wildman–Crippen MR) is 84.1 cm³/mol. The van der Waals surface area contributed by atoms with Crippen molar-refractivity contribution < 1.29 is 4.74 Å². The molecule has 0 aliphatic carbocycles. The standard InChI is InChI=1S/C16H25N3O/c1-5-20-14-8-6-7-13-15(14)18-16(17)19(13)12(4)10-9-11(2)3/h6-8,11-12H,5,9-10H2,1-4H3,(H2,17,18). The predicted octanol–water partition coefficient (Wildman–Crippen LogP) is 4.01. The number of fused-ring (bicyclic) bond motifs is 1. The molecule has 4 nitrogen and oxygen atoms in total. The van der Waals surface area contributed by atoms with Crippen LogP contribution in [0.3, 0.4) is 0 Å². The van der Waals surface area contributed by atoms with E-state index in [-0.39, 0.29) is 0 Å². The molecule has 0 aliphatic heterocycles. The molecular weight excluding hydrogens is 250 g/mol. The number of nitrogens with two attached hydrogens (primary N) is 1. The van der Waals surface area contributed by atoms with Crippen molar-refractivity contribution in [3.05, 3.63) is 18.2 Å². The van der Waals surface area contributed by atoms with Gasteiger partial charge in [-0.05, 0) is 44.7 Å². The SMILES string of the molecule is CCOc1cccc2c1nc(N)n2C(C)CCC(C)C. The molecule has 0 bridgehead atoms. The summed E-state index contributed by atoms with van der Waals surface area (Å²) in [5.74, 6) is 2.09. The van der Waals surface area contributed by atoms with Gasteiger partial charge in [0.05, 0.1) is 12.1 Å². The molecule has 0 aliphatic rings. The van der Waals surface area contributed by atoms with Crippen molar-refractivity contribution in [3.63, 3.8) is 0 Å². The molecule has 2 N–H and O–H groups in total. The molecule has 4 heteroatoms. The first-order valence-electron chi connectivity index (χ1n) is 7.43. The van der Waals surface area contributed by atoms with Crippen molar-refractivity contribution in [3.8, 4) is 5.75 Å². The van der Waals surface area contributed by atoms with E-state index in [1.54, 1.807) is 0 Å². The lowest BCUT2D eigenvalue weighted by Crippen LogP contribution is -2.09. The lowest BCUT2D eigenvalue weighted by Gasteiger charge is -2.17. The summed E-state index contributed by atoms with van der Waals surface area (Å²) in [7, 11) is 0. The molecule has 2 rings (SSSR count). The normalized spacial score (nSPS) is 13.1. The van der Waals surface area contributed by atoms with E-state index in [4.69, 9.17) is 10.5 Å². The first kappa shape index (κ1) is 14.7. The van der Waals surface area contributed by atoms with Crippen LogP contribution in [0.2, 0.25) is 0 Å². The second kappa shape index (κ2) is 6.16. The Balaban J connectivity index is 2.38. The van der Waals surface area contributed by atoms with Crippen LogP contribution in [0.4, 0.5) is 5.95 Å². The number of hydrogen-bond acceptors (Lipinski definition) is 3. The smallest absolute Gasteiger partial charge is 0.201 e. The number of aromatic nitrogens is 2. The van der Waals surface area contributed by atoms with Crippen LogP contribution in [0.25, 0.3) is 11.0 Å². The van der Waals surface area contributed by atoms with Gasteiger partial charge in [-0.2, -0.15) is 0 Å². The molecule has 1 aromatic heterocycles. The van der Waals surface area contributed by atoms with Crippen molar-refractivity contribution in [2.75, 3.05) is 12.3 Å². The van der Waals surface area contributed by atoms with E-state index in [9.17, 15) is 0 Å². The minimum absolute atomic E-state index is 0.347. The van der Waals surface area contributed by atoms with Crippen LogP contribution in [0.1, 0.15) is 46.6 Å². The van der Waals surface area contributed by atoms with E-state index in [0.717, 1.165) is 23.2 Å². The summed E-state index contributed by atoms with van der Waals surface area (Å²) in [6.45, 7) is 9.30. The molecule has 1 atom stereocenters. The Labute approximate surface area is 120 Å². The van der Waals surface area contributed by atoms with Gasteiger partial charge in [-0.3, -0.25) is 0 Å². The van der Waals surface area contributed by atoms with Gasteiger partial charge in [-0.15, -0.1) is 0 Å². The van der Waals surface area contributed by atoms with Crippen molar-refractivity contribution in [2.45, 2.75) is 46.6 Å². The Morgan fingerprint density at radius 1 is 1.25 bits per heavy atom. The van der Waals surface area contributed by atoms with E-state index in [0.29, 0.717) is 24.5 Å². The molecule has 1 heterocycles. The molecule has 0 radical (unpaired) electrons. The maximum absolute atomic E-state index is 6.12. The molecule has 0 fully saturated rings. The molecule has 0 spiro atoms. The number of rotatable bonds is 6. The highest BCUT2D eigenvalue weighted by atomic mass is 16.5. The van der Waals surface area contributed by atoms with Crippen LogP contribution in [0, 0.1) is 5.92 Å². The molecule has 1 aromatic carbocycles. The summed E-state index contributed by atoms with van der Waals surface area (Å²) < 4.78 is 7.76. The van der Waals surface area contributed by atoms with Crippen molar-refractivity contribution in [1.29, 1.82) is 0 Å². The van der Waals surface area contributed by atoms with Gasteiger partial charge >= 0.3 is 0 Å². The van der Waals surface area contributed by atoms with Crippen LogP contribution in [-0.2, 0) is 0 Å². The first-order valence-corrected chi connectivity index (χ1v) is 7.43. The largest absolute Gasteiger partial charge is 0.492 e. The number of nitrogen functional groups attached to an aromatic ring is 1. The molecule has 1 unspecified atom stereocenters. The first-order chi connectivity index (χ1) is 9.54. The Morgan fingerprint density at radius 2 is 2.00 bits per heavy atom. The number of nitrogens with zero attached hydrogens (tertiary/aromatic N) is 2. The van der Waals surface area contributed by atoms with E-state index < -0.39 is 0 Å². The van der Waals surface area contributed by atoms with Gasteiger partial charge in [0.25, 0.3) is 0 Å². The fourth-order valence-electron chi connectivity index (χ4n) is 2.55.